The van der Waals surface area contributed by atoms with Gasteiger partial charge in [0.25, 0.3) is 5.56 Å². The molecule has 32 heavy (non-hydrogen) atoms. The van der Waals surface area contributed by atoms with Gasteiger partial charge in [-0.1, -0.05) is 47.4 Å². The van der Waals surface area contributed by atoms with Crippen LogP contribution in [0.4, 0.5) is 5.13 Å². The summed E-state index contributed by atoms with van der Waals surface area (Å²) in [5, 5.41) is 4.00. The van der Waals surface area contributed by atoms with Gasteiger partial charge in [-0.3, -0.25) is 14.2 Å². The summed E-state index contributed by atoms with van der Waals surface area (Å²) in [6, 6.07) is 13.8. The average Bonchev–Trinajstić information content (AvgIpc) is 3.39. The molecule has 2 aromatic carbocycles. The number of aromatic nitrogens is 3. The molecule has 4 aromatic rings. The van der Waals surface area contributed by atoms with E-state index in [1.165, 1.54) is 23.1 Å². The first-order valence-corrected chi connectivity index (χ1v) is 12.9. The van der Waals surface area contributed by atoms with Crippen molar-refractivity contribution in [3.8, 4) is 5.69 Å². The summed E-state index contributed by atoms with van der Waals surface area (Å²) < 4.78 is 2.68. The van der Waals surface area contributed by atoms with Gasteiger partial charge in [0.2, 0.25) is 5.91 Å². The molecule has 0 bridgehead atoms. The Balaban J connectivity index is 1.41. The minimum Gasteiger partial charge on any atom is -0.301 e. The highest BCUT2D eigenvalue weighted by molar-refractivity contribution is 8.00. The molecule has 1 amide bonds. The summed E-state index contributed by atoms with van der Waals surface area (Å²) in [5.41, 5.74) is 4.57. The van der Waals surface area contributed by atoms with Crippen LogP contribution in [0.3, 0.4) is 0 Å². The molecule has 0 atom stereocenters. The number of hydrogen-bond donors (Lipinski definition) is 1. The van der Waals surface area contributed by atoms with E-state index < -0.39 is 0 Å². The van der Waals surface area contributed by atoms with E-state index in [9.17, 15) is 9.59 Å². The molecule has 5 rings (SSSR count). The Morgan fingerprint density at radius 1 is 1.19 bits per heavy atom. The number of benzene rings is 2. The number of amides is 1. The van der Waals surface area contributed by atoms with E-state index in [1.807, 2.05) is 50.2 Å². The number of carbonyl (C=O) groups is 1. The van der Waals surface area contributed by atoms with Crippen LogP contribution in [0, 0.1) is 13.8 Å². The van der Waals surface area contributed by atoms with Crippen molar-refractivity contribution in [1.29, 1.82) is 0 Å². The van der Waals surface area contributed by atoms with Crippen LogP contribution in [-0.2, 0) is 11.2 Å². The molecule has 0 saturated carbocycles. The third-order valence-corrected chi connectivity index (χ3v) is 8.12. The van der Waals surface area contributed by atoms with E-state index in [0.717, 1.165) is 44.9 Å². The van der Waals surface area contributed by atoms with Gasteiger partial charge < -0.3 is 5.32 Å². The number of nitrogens with one attached hydrogen (secondary N) is 1. The molecule has 0 unspecified atom stereocenters. The molecule has 1 aliphatic heterocycles. The van der Waals surface area contributed by atoms with Crippen LogP contribution in [0.5, 0.6) is 0 Å². The van der Waals surface area contributed by atoms with Gasteiger partial charge in [0, 0.05) is 12.2 Å². The first-order valence-electron chi connectivity index (χ1n) is 10.1. The smallest absolute Gasteiger partial charge is 0.272 e. The normalized spacial score (nSPS) is 12.8. The van der Waals surface area contributed by atoms with Gasteiger partial charge in [0.1, 0.15) is 0 Å². The van der Waals surface area contributed by atoms with Crippen molar-refractivity contribution in [3.63, 3.8) is 0 Å². The fourth-order valence-electron chi connectivity index (χ4n) is 3.59. The van der Waals surface area contributed by atoms with E-state index >= 15 is 0 Å². The zero-order valence-corrected chi connectivity index (χ0v) is 20.0. The molecule has 2 aromatic heterocycles. The Morgan fingerprint density at radius 2 is 2.03 bits per heavy atom. The van der Waals surface area contributed by atoms with Crippen LogP contribution in [-0.4, -0.2) is 31.9 Å². The topological polar surface area (TPSA) is 76.9 Å². The Kier molecular flexibility index (Phi) is 5.79. The Bertz CT molecular complexity index is 1410. The zero-order chi connectivity index (χ0) is 22.2. The predicted octanol–water partition coefficient (Wildman–Crippen LogP) is 4.84. The second-order valence-corrected chi connectivity index (χ2v) is 10.6. The lowest BCUT2D eigenvalue weighted by molar-refractivity contribution is -0.113. The average molecular weight is 481 g/mol. The Hall–Kier alpha value is -2.62. The van der Waals surface area contributed by atoms with Gasteiger partial charge in [-0.2, -0.15) is 0 Å². The van der Waals surface area contributed by atoms with E-state index in [2.05, 4.69) is 16.4 Å². The number of para-hydroxylation sites is 1. The molecule has 3 heterocycles. The van der Waals surface area contributed by atoms with Gasteiger partial charge in [-0.25, -0.2) is 9.97 Å². The lowest BCUT2D eigenvalue weighted by atomic mass is 10.2. The SMILES string of the molecule is Cc1ccc2nc(NC(=O)CSc3nc4c(c(=O)n3-c3ccccc3C)SCC4)sc2c1. The number of aryl methyl sites for hydroxylation is 3. The lowest BCUT2D eigenvalue weighted by Gasteiger charge is -2.15. The van der Waals surface area contributed by atoms with Crippen LogP contribution in [0.15, 0.2) is 57.3 Å². The maximum Gasteiger partial charge on any atom is 0.272 e. The number of anilines is 1. The van der Waals surface area contributed by atoms with Crippen LogP contribution >= 0.6 is 34.9 Å². The molecular formula is C23H20N4O2S3. The Labute approximate surface area is 197 Å². The third-order valence-electron chi connectivity index (χ3n) is 5.15. The Morgan fingerprint density at radius 3 is 2.88 bits per heavy atom. The molecule has 0 fully saturated rings. The summed E-state index contributed by atoms with van der Waals surface area (Å²) in [5.74, 6) is 0.821. The fourth-order valence-corrected chi connectivity index (χ4v) is 6.41. The van der Waals surface area contributed by atoms with Gasteiger partial charge in [-0.15, -0.1) is 11.8 Å². The molecular weight excluding hydrogens is 460 g/mol. The van der Waals surface area contributed by atoms with Crippen LogP contribution in [0.2, 0.25) is 0 Å². The van der Waals surface area contributed by atoms with Crippen LogP contribution in [0.25, 0.3) is 15.9 Å². The summed E-state index contributed by atoms with van der Waals surface area (Å²) in [7, 11) is 0. The first-order chi connectivity index (χ1) is 15.5. The fraction of sp³-hybridized carbons (Fsp3) is 0.217. The molecule has 1 N–H and O–H groups in total. The summed E-state index contributed by atoms with van der Waals surface area (Å²) in [6.07, 6.45) is 0.773. The van der Waals surface area contributed by atoms with Crippen molar-refractivity contribution in [1.82, 2.24) is 14.5 Å². The second kappa shape index (κ2) is 8.73. The minimum absolute atomic E-state index is 0.0590. The molecule has 0 aliphatic carbocycles. The van der Waals surface area contributed by atoms with E-state index in [-0.39, 0.29) is 17.2 Å². The number of nitrogens with zero attached hydrogens (tertiary/aromatic N) is 3. The highest BCUT2D eigenvalue weighted by atomic mass is 32.2. The second-order valence-electron chi connectivity index (χ2n) is 7.52. The molecule has 162 valence electrons. The minimum atomic E-state index is -0.175. The number of thiazole rings is 1. The van der Waals surface area contributed by atoms with Crippen molar-refractivity contribution in [2.45, 2.75) is 30.3 Å². The number of hydrogen-bond acceptors (Lipinski definition) is 7. The maximum absolute atomic E-state index is 13.3. The predicted molar refractivity (Wildman–Crippen MR) is 133 cm³/mol. The molecule has 6 nitrogen and oxygen atoms in total. The molecule has 9 heteroatoms. The monoisotopic (exact) mass is 480 g/mol. The first kappa shape index (κ1) is 21.2. The summed E-state index contributed by atoms with van der Waals surface area (Å²) in [6.45, 7) is 4.00. The zero-order valence-electron chi connectivity index (χ0n) is 17.5. The largest absolute Gasteiger partial charge is 0.301 e. The number of carbonyl (C=O) groups excluding carboxylic acids is 1. The summed E-state index contributed by atoms with van der Waals surface area (Å²) in [4.78, 5) is 35.9. The van der Waals surface area contributed by atoms with Crippen molar-refractivity contribution in [2.75, 3.05) is 16.8 Å². The van der Waals surface area contributed by atoms with E-state index in [1.54, 1.807) is 16.3 Å². The van der Waals surface area contributed by atoms with E-state index in [4.69, 9.17) is 4.98 Å². The standard InChI is InChI=1S/C23H20N4O2S3/c1-13-7-8-15-18(11-13)32-22(24-15)26-19(28)12-31-23-25-16-9-10-30-20(16)21(29)27(23)17-6-4-3-5-14(17)2/h3-8,11H,9-10,12H2,1-2H3,(H,24,26,28). The lowest BCUT2D eigenvalue weighted by Crippen LogP contribution is -2.25. The molecule has 1 aliphatic rings. The van der Waals surface area contributed by atoms with E-state index in [0.29, 0.717) is 15.2 Å². The van der Waals surface area contributed by atoms with Crippen molar-refractivity contribution < 1.29 is 4.79 Å². The number of fused-ring (bicyclic) bond motifs is 2. The molecule has 0 saturated heterocycles. The third kappa shape index (κ3) is 4.07. The van der Waals surface area contributed by atoms with Crippen LogP contribution < -0.4 is 10.9 Å². The molecule has 0 spiro atoms. The maximum atomic E-state index is 13.3. The van der Waals surface area contributed by atoms with Gasteiger partial charge in [-0.05, 0) is 43.2 Å². The quantitative estimate of drug-likeness (QED) is 0.325. The van der Waals surface area contributed by atoms with Crippen molar-refractivity contribution >= 4 is 56.1 Å². The van der Waals surface area contributed by atoms with Gasteiger partial charge in [0.15, 0.2) is 10.3 Å². The van der Waals surface area contributed by atoms with Crippen LogP contribution in [0.1, 0.15) is 16.8 Å². The summed E-state index contributed by atoms with van der Waals surface area (Å²) >= 11 is 4.29. The van der Waals surface area contributed by atoms with Gasteiger partial charge in [0.05, 0.1) is 32.2 Å². The number of thioether (sulfide) groups is 2. The number of rotatable bonds is 5. The highest BCUT2D eigenvalue weighted by Crippen LogP contribution is 2.31. The van der Waals surface area contributed by atoms with Crippen molar-refractivity contribution in [2.24, 2.45) is 0 Å². The van der Waals surface area contributed by atoms with Crippen molar-refractivity contribution in [3.05, 3.63) is 69.6 Å². The van der Waals surface area contributed by atoms with Gasteiger partial charge >= 0.3 is 0 Å². The molecule has 0 radical (unpaired) electrons. The highest BCUT2D eigenvalue weighted by Gasteiger charge is 2.23.